The number of carbonyl (C=O) groups is 2. The van der Waals surface area contributed by atoms with E-state index in [0.29, 0.717) is 13.0 Å². The summed E-state index contributed by atoms with van der Waals surface area (Å²) in [5.74, 6) is -0.766. The molecule has 1 aromatic carbocycles. The van der Waals surface area contributed by atoms with Crippen LogP contribution in [0.3, 0.4) is 0 Å². The van der Waals surface area contributed by atoms with Gasteiger partial charge in [0.25, 0.3) is 5.91 Å². The zero-order valence-corrected chi connectivity index (χ0v) is 15.7. The molecule has 10 heteroatoms. The van der Waals surface area contributed by atoms with Crippen molar-refractivity contribution in [1.29, 1.82) is 0 Å². The molecule has 1 saturated heterocycles. The average Bonchev–Trinajstić information content (AvgIpc) is 3.26. The highest BCUT2D eigenvalue weighted by molar-refractivity contribution is 7.91. The molecule has 0 bridgehead atoms. The van der Waals surface area contributed by atoms with Crippen LogP contribution in [-0.2, 0) is 14.6 Å². The molecule has 1 aromatic heterocycles. The Morgan fingerprint density at radius 2 is 2.04 bits per heavy atom. The van der Waals surface area contributed by atoms with E-state index in [1.807, 2.05) is 30.3 Å². The molecule has 1 aliphatic heterocycles. The van der Waals surface area contributed by atoms with Crippen LogP contribution in [0.4, 0.5) is 0 Å². The minimum atomic E-state index is -3.07. The van der Waals surface area contributed by atoms with Crippen LogP contribution < -0.4 is 5.32 Å². The van der Waals surface area contributed by atoms with E-state index >= 15 is 0 Å². The van der Waals surface area contributed by atoms with Crippen molar-refractivity contribution in [2.24, 2.45) is 0 Å². The Labute approximate surface area is 157 Å². The van der Waals surface area contributed by atoms with E-state index in [2.05, 4.69) is 15.5 Å². The Bertz CT molecular complexity index is 926. The summed E-state index contributed by atoms with van der Waals surface area (Å²) in [6, 6.07) is 8.78. The summed E-state index contributed by atoms with van der Waals surface area (Å²) in [5, 5.41) is 11.0. The summed E-state index contributed by atoms with van der Waals surface area (Å²) < 4.78 is 23.0. The van der Waals surface area contributed by atoms with Crippen LogP contribution in [-0.4, -0.2) is 70.8 Å². The quantitative estimate of drug-likeness (QED) is 0.743. The summed E-state index contributed by atoms with van der Waals surface area (Å²) >= 11 is 0. The van der Waals surface area contributed by atoms with E-state index in [1.54, 1.807) is 6.92 Å². The topological polar surface area (TPSA) is 114 Å². The largest absolute Gasteiger partial charge is 0.351 e. The number of nitrogens with zero attached hydrogens (tertiary/aromatic N) is 4. The molecule has 0 spiro atoms. The highest BCUT2D eigenvalue weighted by Crippen LogP contribution is 2.11. The molecule has 3 rings (SSSR count). The van der Waals surface area contributed by atoms with Crippen molar-refractivity contribution in [3.8, 4) is 5.69 Å². The third-order valence-corrected chi connectivity index (χ3v) is 6.07. The molecule has 1 N–H and O–H groups in total. The number of hydrogen-bond acceptors (Lipinski definition) is 6. The van der Waals surface area contributed by atoms with Crippen LogP contribution in [0, 0.1) is 0 Å². The van der Waals surface area contributed by atoms with Crippen molar-refractivity contribution < 1.29 is 18.0 Å². The number of sulfone groups is 1. The Morgan fingerprint density at radius 3 is 2.67 bits per heavy atom. The highest BCUT2D eigenvalue weighted by Gasteiger charge is 2.29. The maximum Gasteiger partial charge on any atom is 0.276 e. The molecule has 0 aliphatic carbocycles. The third kappa shape index (κ3) is 4.70. The first-order chi connectivity index (χ1) is 12.9. The molecular formula is C17H21N5O4S. The summed E-state index contributed by atoms with van der Waals surface area (Å²) in [5.41, 5.74) is 0.858. The maximum atomic E-state index is 12.6. The van der Waals surface area contributed by atoms with Crippen LogP contribution in [0.25, 0.3) is 5.69 Å². The molecule has 1 atom stereocenters. The number of benzene rings is 1. The lowest BCUT2D eigenvalue weighted by molar-refractivity contribution is -0.122. The molecule has 144 valence electrons. The second kappa shape index (κ2) is 7.87. The van der Waals surface area contributed by atoms with Gasteiger partial charge in [0.05, 0.1) is 29.9 Å². The molecule has 1 fully saturated rings. The highest BCUT2D eigenvalue weighted by atomic mass is 32.2. The molecule has 1 aliphatic rings. The van der Waals surface area contributed by atoms with Crippen molar-refractivity contribution in [2.45, 2.75) is 19.4 Å². The van der Waals surface area contributed by atoms with Crippen molar-refractivity contribution in [1.82, 2.24) is 25.2 Å². The second-order valence-corrected chi connectivity index (χ2v) is 8.57. The fourth-order valence-electron chi connectivity index (χ4n) is 2.89. The van der Waals surface area contributed by atoms with Gasteiger partial charge in [-0.2, -0.15) is 9.90 Å². The number of likely N-dealkylation sites (N-methyl/N-ethyl adjacent to an activating group) is 1. The second-order valence-electron chi connectivity index (χ2n) is 6.34. The van der Waals surface area contributed by atoms with E-state index in [0.717, 1.165) is 5.69 Å². The van der Waals surface area contributed by atoms with Gasteiger partial charge in [0.15, 0.2) is 15.5 Å². The third-order valence-electron chi connectivity index (χ3n) is 4.30. The molecule has 0 radical (unpaired) electrons. The van der Waals surface area contributed by atoms with Crippen LogP contribution in [0.15, 0.2) is 36.5 Å². The first kappa shape index (κ1) is 19.0. The Morgan fingerprint density at radius 1 is 1.30 bits per heavy atom. The zero-order chi connectivity index (χ0) is 19.4. The van der Waals surface area contributed by atoms with E-state index in [-0.39, 0.29) is 29.7 Å². The Hall–Kier alpha value is -2.75. The number of carbonyl (C=O) groups excluding carboxylic acids is 2. The van der Waals surface area contributed by atoms with Crippen molar-refractivity contribution >= 4 is 21.7 Å². The molecule has 2 aromatic rings. The normalized spacial score (nSPS) is 18.2. The Balaban J connectivity index is 1.62. The first-order valence-corrected chi connectivity index (χ1v) is 10.5. The van der Waals surface area contributed by atoms with Crippen LogP contribution >= 0.6 is 0 Å². The van der Waals surface area contributed by atoms with E-state index in [1.165, 1.54) is 15.9 Å². The van der Waals surface area contributed by atoms with Gasteiger partial charge in [-0.15, -0.1) is 5.10 Å². The van der Waals surface area contributed by atoms with Gasteiger partial charge in [0.1, 0.15) is 0 Å². The van der Waals surface area contributed by atoms with E-state index in [4.69, 9.17) is 0 Å². The van der Waals surface area contributed by atoms with E-state index < -0.39 is 21.8 Å². The molecule has 9 nitrogen and oxygen atoms in total. The monoisotopic (exact) mass is 391 g/mol. The predicted octanol–water partition coefficient (Wildman–Crippen LogP) is 0.0327. The number of hydrogen-bond donors (Lipinski definition) is 1. The molecular weight excluding hydrogens is 370 g/mol. The molecule has 2 heterocycles. The summed E-state index contributed by atoms with van der Waals surface area (Å²) in [4.78, 5) is 27.5. The van der Waals surface area contributed by atoms with Crippen molar-refractivity contribution in [3.63, 3.8) is 0 Å². The van der Waals surface area contributed by atoms with E-state index in [9.17, 15) is 18.0 Å². The number of rotatable bonds is 6. The standard InChI is InChI=1S/C17H21N5O4S/c1-2-21(11-16(23)19-13-8-9-27(25,26)12-13)17(24)15-10-18-22(20-15)14-6-4-3-5-7-14/h3-7,10,13H,2,8-9,11-12H2,1H3,(H,19,23)/t13-/m1/s1. The van der Waals surface area contributed by atoms with Gasteiger partial charge < -0.3 is 10.2 Å². The summed E-state index contributed by atoms with van der Waals surface area (Å²) in [6.45, 7) is 1.91. The number of nitrogens with one attached hydrogen (secondary N) is 1. The Kier molecular flexibility index (Phi) is 5.54. The molecule has 2 amide bonds. The van der Waals surface area contributed by atoms with Gasteiger partial charge >= 0.3 is 0 Å². The fraction of sp³-hybridized carbons (Fsp3) is 0.412. The molecule has 27 heavy (non-hydrogen) atoms. The number of para-hydroxylation sites is 1. The van der Waals surface area contributed by atoms with Crippen molar-refractivity contribution in [3.05, 3.63) is 42.2 Å². The SMILES string of the molecule is CCN(CC(=O)N[C@@H]1CCS(=O)(=O)C1)C(=O)c1cnn(-c2ccccc2)n1. The van der Waals surface area contributed by atoms with Gasteiger partial charge in [0, 0.05) is 12.6 Å². The molecule has 0 unspecified atom stereocenters. The lowest BCUT2D eigenvalue weighted by atomic mass is 10.2. The summed E-state index contributed by atoms with van der Waals surface area (Å²) in [6.07, 6.45) is 1.76. The average molecular weight is 391 g/mol. The van der Waals surface area contributed by atoms with Crippen LogP contribution in [0.2, 0.25) is 0 Å². The minimum absolute atomic E-state index is 0.0514. The van der Waals surface area contributed by atoms with Gasteiger partial charge in [-0.05, 0) is 25.5 Å². The number of aromatic nitrogens is 3. The zero-order valence-electron chi connectivity index (χ0n) is 14.9. The first-order valence-electron chi connectivity index (χ1n) is 8.65. The van der Waals surface area contributed by atoms with Gasteiger partial charge in [0.2, 0.25) is 5.91 Å². The van der Waals surface area contributed by atoms with Gasteiger partial charge in [-0.1, -0.05) is 18.2 Å². The predicted molar refractivity (Wildman–Crippen MR) is 98.1 cm³/mol. The fourth-order valence-corrected chi connectivity index (χ4v) is 4.56. The smallest absolute Gasteiger partial charge is 0.276 e. The lowest BCUT2D eigenvalue weighted by Crippen LogP contribution is -2.44. The molecule has 0 saturated carbocycles. The van der Waals surface area contributed by atoms with Gasteiger partial charge in [-0.3, -0.25) is 9.59 Å². The van der Waals surface area contributed by atoms with Crippen molar-refractivity contribution in [2.75, 3.05) is 24.6 Å². The maximum absolute atomic E-state index is 12.6. The lowest BCUT2D eigenvalue weighted by Gasteiger charge is -2.20. The van der Waals surface area contributed by atoms with Crippen LogP contribution in [0.1, 0.15) is 23.8 Å². The van der Waals surface area contributed by atoms with Gasteiger partial charge in [-0.25, -0.2) is 8.42 Å². The number of amides is 2. The van der Waals surface area contributed by atoms with Crippen LogP contribution in [0.5, 0.6) is 0 Å². The summed E-state index contributed by atoms with van der Waals surface area (Å²) in [7, 11) is -3.07. The minimum Gasteiger partial charge on any atom is -0.351 e.